The molecule has 3 amide bonds. The zero-order valence-corrected chi connectivity index (χ0v) is 22.2. The molecule has 0 unspecified atom stereocenters. The van der Waals surface area contributed by atoms with Gasteiger partial charge in [0.1, 0.15) is 13.2 Å². The van der Waals surface area contributed by atoms with Crippen molar-refractivity contribution >= 4 is 63.8 Å². The highest BCUT2D eigenvalue weighted by Crippen LogP contribution is 2.39. The minimum absolute atomic E-state index is 0.0916. The van der Waals surface area contributed by atoms with Gasteiger partial charge in [-0.1, -0.05) is 53.5 Å². The smallest absolute Gasteiger partial charge is 0.294 e. The van der Waals surface area contributed by atoms with Crippen molar-refractivity contribution in [2.45, 2.75) is 6.61 Å². The Bertz CT molecular complexity index is 1500. The number of carbonyl (C=O) groups is 3. The van der Waals surface area contributed by atoms with Gasteiger partial charge in [0.2, 0.25) is 5.91 Å². The van der Waals surface area contributed by atoms with Gasteiger partial charge in [-0.05, 0) is 53.7 Å². The first-order chi connectivity index (χ1) is 18.3. The van der Waals surface area contributed by atoms with Crippen molar-refractivity contribution in [3.8, 4) is 17.6 Å². The van der Waals surface area contributed by atoms with E-state index in [1.54, 1.807) is 60.7 Å². The number of methoxy groups -OCH3 is 1. The molecule has 1 N–H and O–H groups in total. The number of nitrogens with one attached hydrogen (secondary N) is 1. The number of hydrogen-bond donors (Lipinski definition) is 1. The van der Waals surface area contributed by atoms with Crippen LogP contribution in [0.4, 0.5) is 10.5 Å². The van der Waals surface area contributed by atoms with Crippen molar-refractivity contribution in [1.29, 1.82) is 5.26 Å². The molecular weight excluding hydrogens is 549 g/mol. The summed E-state index contributed by atoms with van der Waals surface area (Å²) in [5.74, 6) is -0.608. The Hall–Kier alpha value is -3.97. The number of para-hydroxylation sites is 1. The Morgan fingerprint density at radius 3 is 2.58 bits per heavy atom. The summed E-state index contributed by atoms with van der Waals surface area (Å²) in [6.07, 6.45) is 1.49. The number of nitrogens with zero attached hydrogens (tertiary/aromatic N) is 2. The van der Waals surface area contributed by atoms with Crippen molar-refractivity contribution in [2.24, 2.45) is 0 Å². The van der Waals surface area contributed by atoms with E-state index in [0.717, 1.165) is 4.90 Å². The third-order valence-electron chi connectivity index (χ3n) is 5.38. The van der Waals surface area contributed by atoms with Crippen LogP contribution in [-0.2, 0) is 16.2 Å². The highest BCUT2D eigenvalue weighted by Gasteiger charge is 2.36. The van der Waals surface area contributed by atoms with Crippen LogP contribution in [0.3, 0.4) is 0 Å². The van der Waals surface area contributed by atoms with Gasteiger partial charge in [-0.3, -0.25) is 19.3 Å². The summed E-state index contributed by atoms with van der Waals surface area (Å²) in [6, 6.07) is 18.9. The third-order valence-corrected chi connectivity index (χ3v) is 6.90. The molecule has 0 aromatic heterocycles. The molecule has 0 radical (unpaired) electrons. The lowest BCUT2D eigenvalue weighted by atomic mass is 10.1. The maximum absolute atomic E-state index is 12.9. The number of anilines is 1. The second kappa shape index (κ2) is 12.0. The van der Waals surface area contributed by atoms with Crippen LogP contribution in [0.1, 0.15) is 16.7 Å². The molecule has 38 heavy (non-hydrogen) atoms. The lowest BCUT2D eigenvalue weighted by Gasteiger charge is -2.14. The average molecular weight is 568 g/mol. The van der Waals surface area contributed by atoms with Crippen molar-refractivity contribution in [1.82, 2.24) is 4.90 Å². The van der Waals surface area contributed by atoms with Gasteiger partial charge < -0.3 is 14.8 Å². The summed E-state index contributed by atoms with van der Waals surface area (Å²) in [5, 5.41) is 11.8. The fourth-order valence-electron chi connectivity index (χ4n) is 3.55. The van der Waals surface area contributed by atoms with Crippen LogP contribution in [0.5, 0.6) is 11.5 Å². The molecule has 1 aliphatic heterocycles. The first kappa shape index (κ1) is 27.1. The minimum atomic E-state index is -0.613. The third kappa shape index (κ3) is 6.11. The van der Waals surface area contributed by atoms with E-state index in [1.807, 2.05) is 0 Å². The largest absolute Gasteiger partial charge is 0.493 e. The van der Waals surface area contributed by atoms with Gasteiger partial charge in [-0.25, -0.2) is 0 Å². The molecule has 0 saturated carbocycles. The molecule has 4 rings (SSSR count). The van der Waals surface area contributed by atoms with Gasteiger partial charge in [-0.15, -0.1) is 0 Å². The quantitative estimate of drug-likeness (QED) is 0.326. The number of imide groups is 1. The predicted molar refractivity (Wildman–Crippen MR) is 146 cm³/mol. The molecule has 3 aromatic rings. The Balaban J connectivity index is 1.49. The van der Waals surface area contributed by atoms with E-state index < -0.39 is 23.6 Å². The maximum atomic E-state index is 12.9. The van der Waals surface area contributed by atoms with Gasteiger partial charge in [-0.2, -0.15) is 5.26 Å². The van der Waals surface area contributed by atoms with Crippen molar-refractivity contribution < 1.29 is 23.9 Å². The summed E-state index contributed by atoms with van der Waals surface area (Å²) < 4.78 is 11.3. The predicted octanol–water partition coefficient (Wildman–Crippen LogP) is 6.13. The van der Waals surface area contributed by atoms with Crippen LogP contribution in [0.15, 0.2) is 65.6 Å². The van der Waals surface area contributed by atoms with E-state index in [4.69, 9.17) is 32.7 Å². The Morgan fingerprint density at radius 2 is 1.84 bits per heavy atom. The second-order valence-corrected chi connectivity index (χ2v) is 9.70. The van der Waals surface area contributed by atoms with Crippen molar-refractivity contribution in [2.75, 3.05) is 19.0 Å². The Kier molecular flexibility index (Phi) is 8.59. The van der Waals surface area contributed by atoms with Crippen LogP contribution in [0.25, 0.3) is 6.08 Å². The number of ether oxygens (including phenoxy) is 2. The first-order valence-electron chi connectivity index (χ1n) is 11.1. The van der Waals surface area contributed by atoms with E-state index in [0.29, 0.717) is 44.9 Å². The fraction of sp³-hybridized carbons (Fsp3) is 0.111. The molecule has 11 heteroatoms. The van der Waals surface area contributed by atoms with Gasteiger partial charge in [0, 0.05) is 5.56 Å². The Labute approximate surface area is 232 Å². The van der Waals surface area contributed by atoms with Gasteiger partial charge in [0.05, 0.1) is 39.4 Å². The maximum Gasteiger partial charge on any atom is 0.294 e. The number of hydrogen-bond acceptors (Lipinski definition) is 7. The minimum Gasteiger partial charge on any atom is -0.493 e. The van der Waals surface area contributed by atoms with Crippen molar-refractivity contribution in [3.05, 3.63) is 92.3 Å². The standard InChI is InChI=1S/C27H19Cl2N3O5S/c1-36-22-11-16(10-20(29)25(22)37-15-18-7-3-2-6-17(18)13-30)12-23-26(34)32(27(35)38-23)14-24(33)31-21-9-5-4-8-19(21)28/h2-12H,14-15H2,1H3,(H,31,33)/b23-12+. The van der Waals surface area contributed by atoms with Crippen LogP contribution in [0, 0.1) is 11.3 Å². The normalized spacial score (nSPS) is 13.9. The number of benzene rings is 3. The molecule has 1 aliphatic rings. The molecule has 1 fully saturated rings. The van der Waals surface area contributed by atoms with E-state index in [-0.39, 0.29) is 22.3 Å². The van der Waals surface area contributed by atoms with Crippen LogP contribution in [0.2, 0.25) is 10.0 Å². The van der Waals surface area contributed by atoms with Crippen LogP contribution < -0.4 is 14.8 Å². The second-order valence-electron chi connectivity index (χ2n) is 7.89. The monoisotopic (exact) mass is 567 g/mol. The highest BCUT2D eigenvalue weighted by molar-refractivity contribution is 8.18. The first-order valence-corrected chi connectivity index (χ1v) is 12.7. The van der Waals surface area contributed by atoms with Crippen LogP contribution in [-0.4, -0.2) is 35.6 Å². The average Bonchev–Trinajstić information content (AvgIpc) is 3.16. The zero-order valence-electron chi connectivity index (χ0n) is 19.9. The number of amides is 3. The van der Waals surface area contributed by atoms with Gasteiger partial charge in [0.15, 0.2) is 11.5 Å². The molecule has 1 heterocycles. The molecule has 1 saturated heterocycles. The molecule has 0 atom stereocenters. The number of thioether (sulfide) groups is 1. The van der Waals surface area contributed by atoms with Gasteiger partial charge >= 0.3 is 0 Å². The number of nitriles is 1. The summed E-state index contributed by atoms with van der Waals surface area (Å²) >= 11 is 13.2. The van der Waals surface area contributed by atoms with E-state index in [1.165, 1.54) is 13.2 Å². The van der Waals surface area contributed by atoms with E-state index in [2.05, 4.69) is 11.4 Å². The topological polar surface area (TPSA) is 109 Å². The fourth-order valence-corrected chi connectivity index (χ4v) is 4.85. The highest BCUT2D eigenvalue weighted by atomic mass is 35.5. The molecule has 192 valence electrons. The summed E-state index contributed by atoms with van der Waals surface area (Å²) in [4.78, 5) is 38.8. The summed E-state index contributed by atoms with van der Waals surface area (Å²) in [6.45, 7) is -0.372. The molecule has 0 spiro atoms. The molecule has 0 bridgehead atoms. The summed E-state index contributed by atoms with van der Waals surface area (Å²) in [5.41, 5.74) is 2.03. The zero-order chi connectivity index (χ0) is 27.2. The summed E-state index contributed by atoms with van der Waals surface area (Å²) in [7, 11) is 1.44. The Morgan fingerprint density at radius 1 is 1.11 bits per heavy atom. The molecule has 8 nitrogen and oxygen atoms in total. The molecular formula is C27H19Cl2N3O5S. The molecule has 0 aliphatic carbocycles. The lowest BCUT2D eigenvalue weighted by Crippen LogP contribution is -2.36. The van der Waals surface area contributed by atoms with E-state index >= 15 is 0 Å². The number of rotatable bonds is 8. The van der Waals surface area contributed by atoms with Crippen LogP contribution >= 0.6 is 35.0 Å². The molecule has 3 aromatic carbocycles. The number of halogens is 2. The van der Waals surface area contributed by atoms with E-state index in [9.17, 15) is 19.6 Å². The van der Waals surface area contributed by atoms with Gasteiger partial charge in [0.25, 0.3) is 11.1 Å². The SMILES string of the molecule is COc1cc(/C=C2/SC(=O)N(CC(=O)Nc3ccccc3Cl)C2=O)cc(Cl)c1OCc1ccccc1C#N. The lowest BCUT2D eigenvalue weighted by molar-refractivity contribution is -0.127. The number of carbonyl (C=O) groups excluding carboxylic acids is 3. The van der Waals surface area contributed by atoms with Crippen molar-refractivity contribution in [3.63, 3.8) is 0 Å².